The molecule has 0 fully saturated rings. The van der Waals surface area contributed by atoms with Crippen molar-refractivity contribution in [2.24, 2.45) is 0 Å². The van der Waals surface area contributed by atoms with E-state index in [-0.39, 0.29) is 23.4 Å². The first-order valence-electron chi connectivity index (χ1n) is 13.0. The summed E-state index contributed by atoms with van der Waals surface area (Å²) in [5.41, 5.74) is 2.32. The van der Waals surface area contributed by atoms with Crippen molar-refractivity contribution in [1.82, 2.24) is 10.2 Å². The third kappa shape index (κ3) is 8.07. The predicted octanol–water partition coefficient (Wildman–Crippen LogP) is 5.22. The first-order valence-corrected chi connectivity index (χ1v) is 14.8. The van der Waals surface area contributed by atoms with Crippen LogP contribution in [0.15, 0.2) is 83.8 Å². The number of benzene rings is 3. The molecule has 0 saturated heterocycles. The number of anilines is 1. The van der Waals surface area contributed by atoms with E-state index in [0.717, 1.165) is 15.4 Å². The van der Waals surface area contributed by atoms with Crippen LogP contribution in [0.2, 0.25) is 5.02 Å². The highest BCUT2D eigenvalue weighted by molar-refractivity contribution is 7.92. The van der Waals surface area contributed by atoms with Crippen molar-refractivity contribution in [1.29, 1.82) is 0 Å². The average molecular weight is 570 g/mol. The Bertz CT molecular complexity index is 1350. The number of rotatable bonds is 12. The summed E-state index contributed by atoms with van der Waals surface area (Å²) in [5.74, 6) is -0.730. The largest absolute Gasteiger partial charge is 0.352 e. The maximum atomic E-state index is 14.0. The molecule has 0 aliphatic rings. The van der Waals surface area contributed by atoms with Gasteiger partial charge in [0.05, 0.1) is 10.6 Å². The zero-order chi connectivity index (χ0) is 28.6. The molecule has 0 saturated carbocycles. The van der Waals surface area contributed by atoms with Crippen molar-refractivity contribution >= 4 is 39.1 Å². The van der Waals surface area contributed by atoms with E-state index in [2.05, 4.69) is 5.32 Å². The van der Waals surface area contributed by atoms with Gasteiger partial charge in [0, 0.05) is 17.6 Å². The van der Waals surface area contributed by atoms with Gasteiger partial charge in [0.15, 0.2) is 0 Å². The molecule has 0 unspecified atom stereocenters. The minimum atomic E-state index is -4.12. The van der Waals surface area contributed by atoms with Crippen molar-refractivity contribution in [3.63, 3.8) is 0 Å². The summed E-state index contributed by atoms with van der Waals surface area (Å²) < 4.78 is 28.7. The fourth-order valence-electron chi connectivity index (χ4n) is 4.25. The van der Waals surface area contributed by atoms with E-state index < -0.39 is 28.5 Å². The molecule has 2 amide bonds. The standard InChI is InChI=1S/C30H36ClN3O4S/c1-5-28(30(36)32-22(2)3)33(20-19-24-9-7-6-8-10-24)29(35)21-34(26-15-11-23(4)12-16-26)39(37,38)27-17-13-25(31)14-18-27/h6-18,22,28H,5,19-21H2,1-4H3,(H,32,36)/t28-/m1/s1. The summed E-state index contributed by atoms with van der Waals surface area (Å²) in [5, 5.41) is 3.31. The fraction of sp³-hybridized carbons (Fsp3) is 0.333. The number of carbonyl (C=O) groups excluding carboxylic acids is 2. The van der Waals surface area contributed by atoms with Crippen molar-refractivity contribution in [2.75, 3.05) is 17.4 Å². The molecule has 0 aliphatic carbocycles. The second kappa shape index (κ2) is 13.6. The lowest BCUT2D eigenvalue weighted by atomic mass is 10.1. The predicted molar refractivity (Wildman–Crippen MR) is 156 cm³/mol. The molecule has 0 aromatic heterocycles. The van der Waals surface area contributed by atoms with E-state index >= 15 is 0 Å². The number of hydrogen-bond donors (Lipinski definition) is 1. The van der Waals surface area contributed by atoms with Crippen LogP contribution < -0.4 is 9.62 Å². The minimum Gasteiger partial charge on any atom is -0.352 e. The lowest BCUT2D eigenvalue weighted by Crippen LogP contribution is -2.54. The molecule has 3 aromatic rings. The summed E-state index contributed by atoms with van der Waals surface area (Å²) in [6, 6.07) is 21.6. The molecule has 1 atom stereocenters. The van der Waals surface area contributed by atoms with Gasteiger partial charge in [-0.15, -0.1) is 0 Å². The van der Waals surface area contributed by atoms with Gasteiger partial charge in [0.2, 0.25) is 11.8 Å². The Morgan fingerprint density at radius 3 is 2.10 bits per heavy atom. The van der Waals surface area contributed by atoms with Crippen molar-refractivity contribution in [2.45, 2.75) is 57.5 Å². The Labute approximate surface area is 236 Å². The van der Waals surface area contributed by atoms with E-state index in [1.165, 1.54) is 29.2 Å². The monoisotopic (exact) mass is 569 g/mol. The first-order chi connectivity index (χ1) is 18.5. The Kier molecular flexibility index (Phi) is 10.5. The van der Waals surface area contributed by atoms with Gasteiger partial charge in [-0.25, -0.2) is 8.42 Å². The summed E-state index contributed by atoms with van der Waals surface area (Å²) >= 11 is 6.00. The molecule has 39 heavy (non-hydrogen) atoms. The highest BCUT2D eigenvalue weighted by Crippen LogP contribution is 2.26. The summed E-state index contributed by atoms with van der Waals surface area (Å²) in [6.45, 7) is 7.26. The average Bonchev–Trinajstić information content (AvgIpc) is 2.90. The molecule has 0 spiro atoms. The Morgan fingerprint density at radius 1 is 0.923 bits per heavy atom. The molecule has 208 valence electrons. The SMILES string of the molecule is CC[C@H](C(=O)NC(C)C)N(CCc1ccccc1)C(=O)CN(c1ccc(C)cc1)S(=O)(=O)c1ccc(Cl)cc1. The number of nitrogens with one attached hydrogen (secondary N) is 1. The van der Waals surface area contributed by atoms with Crippen LogP contribution >= 0.6 is 11.6 Å². The lowest BCUT2D eigenvalue weighted by molar-refractivity contribution is -0.139. The number of aryl methyl sites for hydroxylation is 1. The quantitative estimate of drug-likeness (QED) is 0.324. The summed E-state index contributed by atoms with van der Waals surface area (Å²) in [6.07, 6.45) is 0.903. The second-order valence-electron chi connectivity index (χ2n) is 9.71. The number of carbonyl (C=O) groups is 2. The first kappa shape index (κ1) is 30.2. The van der Waals surface area contributed by atoms with Crippen LogP contribution in [0, 0.1) is 6.92 Å². The van der Waals surface area contributed by atoms with Crippen LogP contribution in [-0.4, -0.2) is 50.3 Å². The topological polar surface area (TPSA) is 86.8 Å². The van der Waals surface area contributed by atoms with Crippen LogP contribution in [0.1, 0.15) is 38.3 Å². The van der Waals surface area contributed by atoms with Crippen molar-refractivity contribution < 1.29 is 18.0 Å². The third-order valence-electron chi connectivity index (χ3n) is 6.30. The highest BCUT2D eigenvalue weighted by atomic mass is 35.5. The van der Waals surface area contributed by atoms with E-state index in [1.807, 2.05) is 58.0 Å². The van der Waals surface area contributed by atoms with Crippen LogP contribution in [0.25, 0.3) is 0 Å². The molecule has 3 aromatic carbocycles. The van der Waals surface area contributed by atoms with Gasteiger partial charge in [-0.05, 0) is 75.6 Å². The number of amides is 2. The lowest BCUT2D eigenvalue weighted by Gasteiger charge is -2.33. The summed E-state index contributed by atoms with van der Waals surface area (Å²) in [4.78, 5) is 28.6. The van der Waals surface area contributed by atoms with E-state index in [1.54, 1.807) is 24.3 Å². The Balaban J connectivity index is 2.00. The zero-order valence-electron chi connectivity index (χ0n) is 22.8. The van der Waals surface area contributed by atoms with E-state index in [9.17, 15) is 18.0 Å². The van der Waals surface area contributed by atoms with Gasteiger partial charge in [-0.1, -0.05) is 66.6 Å². The van der Waals surface area contributed by atoms with Crippen LogP contribution in [-0.2, 0) is 26.0 Å². The molecule has 3 rings (SSSR count). The number of halogens is 1. The number of hydrogen-bond acceptors (Lipinski definition) is 4. The van der Waals surface area contributed by atoms with Crippen molar-refractivity contribution in [3.05, 3.63) is 95.0 Å². The maximum Gasteiger partial charge on any atom is 0.264 e. The van der Waals surface area contributed by atoms with Gasteiger partial charge < -0.3 is 10.2 Å². The Morgan fingerprint density at radius 2 is 1.54 bits per heavy atom. The molecular formula is C30H36ClN3O4S. The van der Waals surface area contributed by atoms with Gasteiger partial charge in [-0.3, -0.25) is 13.9 Å². The van der Waals surface area contributed by atoms with Crippen molar-refractivity contribution in [3.8, 4) is 0 Å². The fourth-order valence-corrected chi connectivity index (χ4v) is 5.79. The molecule has 0 radical (unpaired) electrons. The van der Waals surface area contributed by atoms with Gasteiger partial charge in [-0.2, -0.15) is 0 Å². The maximum absolute atomic E-state index is 14.0. The smallest absolute Gasteiger partial charge is 0.264 e. The second-order valence-corrected chi connectivity index (χ2v) is 12.0. The molecule has 7 nitrogen and oxygen atoms in total. The molecule has 0 aliphatic heterocycles. The number of nitrogens with zero attached hydrogens (tertiary/aromatic N) is 2. The molecule has 9 heteroatoms. The van der Waals surface area contributed by atoms with Gasteiger partial charge in [0.1, 0.15) is 12.6 Å². The Hall–Kier alpha value is -3.36. The van der Waals surface area contributed by atoms with E-state index in [0.29, 0.717) is 23.6 Å². The minimum absolute atomic E-state index is 0.0145. The molecule has 0 bridgehead atoms. The van der Waals surface area contributed by atoms with Gasteiger partial charge in [0.25, 0.3) is 10.0 Å². The van der Waals surface area contributed by atoms with Crippen LogP contribution in [0.3, 0.4) is 0 Å². The van der Waals surface area contributed by atoms with Gasteiger partial charge >= 0.3 is 0 Å². The molecular weight excluding hydrogens is 534 g/mol. The molecule has 1 N–H and O–H groups in total. The number of sulfonamides is 1. The van der Waals surface area contributed by atoms with Crippen LogP contribution in [0.5, 0.6) is 0 Å². The normalized spacial score (nSPS) is 12.2. The van der Waals surface area contributed by atoms with E-state index in [4.69, 9.17) is 11.6 Å². The molecule has 0 heterocycles. The van der Waals surface area contributed by atoms with Crippen LogP contribution in [0.4, 0.5) is 5.69 Å². The third-order valence-corrected chi connectivity index (χ3v) is 8.34. The zero-order valence-corrected chi connectivity index (χ0v) is 24.4. The highest BCUT2D eigenvalue weighted by Gasteiger charge is 2.33. The summed E-state index contributed by atoms with van der Waals surface area (Å²) in [7, 11) is -4.12.